The van der Waals surface area contributed by atoms with Gasteiger partial charge in [-0.1, -0.05) is 163 Å². The average molecular weight is 803 g/mol. The van der Waals surface area contributed by atoms with E-state index in [0.717, 1.165) is 96.3 Å². The van der Waals surface area contributed by atoms with Crippen LogP contribution in [-0.4, -0.2) is 68.5 Å². The van der Waals surface area contributed by atoms with Crippen LogP contribution in [0.3, 0.4) is 0 Å². The van der Waals surface area contributed by atoms with Gasteiger partial charge >= 0.3 is 0 Å². The Bertz CT molecular complexity index is 1180. The van der Waals surface area contributed by atoms with E-state index in [4.69, 9.17) is 9.05 Å². The predicted molar refractivity (Wildman–Crippen MR) is 237 cm³/mol. The van der Waals surface area contributed by atoms with Crippen LogP contribution in [0.2, 0.25) is 0 Å². The van der Waals surface area contributed by atoms with Gasteiger partial charge in [-0.3, -0.25) is 9.36 Å². The summed E-state index contributed by atoms with van der Waals surface area (Å²) in [5.74, 6) is -0.220. The Kier molecular flexibility index (Phi) is 36.6. The average Bonchev–Trinajstić information content (AvgIpc) is 3.15. The molecule has 0 spiro atoms. The molecule has 0 aliphatic heterocycles. The third-order valence-electron chi connectivity index (χ3n) is 9.11. The van der Waals surface area contributed by atoms with Gasteiger partial charge in [-0.2, -0.15) is 0 Å². The van der Waals surface area contributed by atoms with Gasteiger partial charge in [-0.15, -0.1) is 0 Å². The van der Waals surface area contributed by atoms with Gasteiger partial charge < -0.3 is 28.8 Å². The first kappa shape index (κ1) is 53.7. The number of phosphoric acid groups is 1. The number of rotatable bonds is 38. The van der Waals surface area contributed by atoms with Crippen LogP contribution in [0.1, 0.15) is 155 Å². The zero-order chi connectivity index (χ0) is 41.4. The number of nitrogens with zero attached hydrogens (tertiary/aromatic N) is 1. The summed E-state index contributed by atoms with van der Waals surface area (Å²) in [7, 11) is 1.23. The van der Waals surface area contributed by atoms with Crippen molar-refractivity contribution in [2.24, 2.45) is 0 Å². The molecule has 0 aromatic carbocycles. The quantitative estimate of drug-likeness (QED) is 0.0279. The molecule has 322 valence electrons. The fourth-order valence-corrected chi connectivity index (χ4v) is 6.35. The van der Waals surface area contributed by atoms with E-state index in [1.165, 1.54) is 38.5 Å². The maximum atomic E-state index is 12.8. The van der Waals surface area contributed by atoms with E-state index in [1.54, 1.807) is 6.08 Å². The lowest BCUT2D eigenvalue weighted by Crippen LogP contribution is -2.45. The minimum atomic E-state index is -4.59. The van der Waals surface area contributed by atoms with Gasteiger partial charge in [-0.25, -0.2) is 0 Å². The smallest absolute Gasteiger partial charge is 0.268 e. The molecule has 0 aliphatic rings. The number of phosphoric ester groups is 1. The van der Waals surface area contributed by atoms with Crippen molar-refractivity contribution in [1.29, 1.82) is 0 Å². The Hall–Kier alpha value is -2.32. The van der Waals surface area contributed by atoms with Crippen molar-refractivity contribution in [1.82, 2.24) is 5.32 Å². The van der Waals surface area contributed by atoms with Crippen molar-refractivity contribution in [3.8, 4) is 0 Å². The molecule has 0 rings (SSSR count). The minimum Gasteiger partial charge on any atom is -0.756 e. The fraction of sp³-hybridized carbons (Fsp3) is 0.681. The van der Waals surface area contributed by atoms with Gasteiger partial charge in [0.05, 0.1) is 39.9 Å². The maximum Gasteiger partial charge on any atom is 0.268 e. The number of hydrogen-bond donors (Lipinski definition) is 2. The second-order valence-electron chi connectivity index (χ2n) is 15.7. The molecule has 9 heteroatoms. The SMILES string of the molecule is CC/C=C\C/C=C\C/C=C\C/C=C\C/C=C\C/C=C\CCCCCCCCC(=O)NC(COP(=O)([O-])OCC[N+](C)(C)C)C(O)/C=C/CCCCCCCCC. The van der Waals surface area contributed by atoms with Gasteiger partial charge in [0, 0.05) is 6.42 Å². The number of carbonyl (C=O) groups excluding carboxylic acids is 1. The van der Waals surface area contributed by atoms with Crippen LogP contribution in [-0.2, 0) is 18.4 Å². The van der Waals surface area contributed by atoms with Crippen LogP contribution in [0.15, 0.2) is 85.1 Å². The normalized spacial score (nSPS) is 15.2. The molecule has 0 aromatic heterocycles. The highest BCUT2D eigenvalue weighted by atomic mass is 31.2. The Labute approximate surface area is 344 Å². The topological polar surface area (TPSA) is 108 Å². The molecule has 0 fully saturated rings. The van der Waals surface area contributed by atoms with E-state index in [2.05, 4.69) is 92.1 Å². The van der Waals surface area contributed by atoms with Crippen molar-refractivity contribution in [3.63, 3.8) is 0 Å². The van der Waals surface area contributed by atoms with Gasteiger partial charge in [0.2, 0.25) is 5.91 Å². The molecular weight excluding hydrogens is 719 g/mol. The molecule has 2 N–H and O–H groups in total. The molecule has 3 atom stereocenters. The van der Waals surface area contributed by atoms with Crippen LogP contribution in [0.25, 0.3) is 0 Å². The summed E-state index contributed by atoms with van der Waals surface area (Å²) in [6, 6.07) is -0.897. The standard InChI is InChI=1S/C47H83N2O6P/c1-6-8-10-12-14-16-17-18-19-20-21-22-23-24-25-26-27-28-29-30-31-33-35-37-39-41-47(51)48-45(44-55-56(52,53)54-43-42-49(3,4)5)46(50)40-38-36-34-32-15-13-11-9-7-2/h8,10,14,16,18-19,21-22,24-25,27-28,38,40,45-46,50H,6-7,9,11-13,15,17,20,23,26,29-37,39,41-44H2,1-5H3,(H-,48,51,52,53)/b10-8-,16-14-,19-18-,22-21-,25-24-,28-27-,40-38+. The lowest BCUT2D eigenvalue weighted by atomic mass is 10.1. The molecule has 0 saturated carbocycles. The summed E-state index contributed by atoms with van der Waals surface area (Å²) in [4.78, 5) is 25.2. The van der Waals surface area contributed by atoms with Crippen molar-refractivity contribution in [2.45, 2.75) is 167 Å². The highest BCUT2D eigenvalue weighted by Crippen LogP contribution is 2.38. The predicted octanol–water partition coefficient (Wildman–Crippen LogP) is 11.6. The van der Waals surface area contributed by atoms with Gasteiger partial charge in [0.1, 0.15) is 13.2 Å². The lowest BCUT2D eigenvalue weighted by Gasteiger charge is -2.29. The van der Waals surface area contributed by atoms with E-state index >= 15 is 0 Å². The molecule has 0 heterocycles. The molecule has 56 heavy (non-hydrogen) atoms. The number of unbranched alkanes of at least 4 members (excludes halogenated alkanes) is 13. The number of aliphatic hydroxyl groups is 1. The van der Waals surface area contributed by atoms with Crippen LogP contribution < -0.4 is 10.2 Å². The summed E-state index contributed by atoms with van der Waals surface area (Å²) in [5, 5.41) is 13.7. The summed E-state index contributed by atoms with van der Waals surface area (Å²) in [6.45, 7) is 4.46. The maximum absolute atomic E-state index is 12.8. The molecule has 0 aromatic rings. The van der Waals surface area contributed by atoms with Crippen molar-refractivity contribution in [2.75, 3.05) is 40.9 Å². The first-order chi connectivity index (χ1) is 27.0. The summed E-state index contributed by atoms with van der Waals surface area (Å²) in [6.07, 6.45) is 52.1. The third-order valence-corrected chi connectivity index (χ3v) is 10.1. The Balaban J connectivity index is 4.32. The van der Waals surface area contributed by atoms with E-state index in [1.807, 2.05) is 27.2 Å². The van der Waals surface area contributed by atoms with E-state index in [0.29, 0.717) is 17.4 Å². The molecule has 8 nitrogen and oxygen atoms in total. The van der Waals surface area contributed by atoms with Gasteiger partial charge in [0.15, 0.2) is 0 Å². The summed E-state index contributed by atoms with van der Waals surface area (Å²) < 4.78 is 23.1. The van der Waals surface area contributed by atoms with Crippen LogP contribution in [0.5, 0.6) is 0 Å². The first-order valence-corrected chi connectivity index (χ1v) is 23.4. The molecule has 0 radical (unpaired) electrons. The first-order valence-electron chi connectivity index (χ1n) is 21.9. The zero-order valence-corrected chi connectivity index (χ0v) is 37.2. The number of allylic oxidation sites excluding steroid dienone is 13. The Morgan fingerprint density at radius 1 is 0.643 bits per heavy atom. The van der Waals surface area contributed by atoms with Crippen molar-refractivity contribution >= 4 is 13.7 Å². The molecular formula is C47H83N2O6P. The molecule has 0 bridgehead atoms. The minimum absolute atomic E-state index is 0.00921. The molecule has 0 aliphatic carbocycles. The lowest BCUT2D eigenvalue weighted by molar-refractivity contribution is -0.870. The second-order valence-corrected chi connectivity index (χ2v) is 17.1. The molecule has 0 saturated heterocycles. The van der Waals surface area contributed by atoms with Crippen LogP contribution in [0.4, 0.5) is 0 Å². The number of carbonyl (C=O) groups is 1. The molecule has 3 unspecified atom stereocenters. The second kappa shape index (κ2) is 38.2. The third kappa shape index (κ3) is 39.9. The van der Waals surface area contributed by atoms with Gasteiger partial charge in [0.25, 0.3) is 7.82 Å². The molecule has 1 amide bonds. The Morgan fingerprint density at radius 3 is 1.59 bits per heavy atom. The highest BCUT2D eigenvalue weighted by Gasteiger charge is 2.23. The Morgan fingerprint density at radius 2 is 1.09 bits per heavy atom. The van der Waals surface area contributed by atoms with Gasteiger partial charge in [-0.05, 0) is 70.6 Å². The number of aliphatic hydroxyl groups excluding tert-OH is 1. The summed E-state index contributed by atoms with van der Waals surface area (Å²) in [5.41, 5.74) is 0. The number of quaternary nitrogens is 1. The van der Waals surface area contributed by atoms with E-state index in [-0.39, 0.29) is 12.5 Å². The number of amides is 1. The van der Waals surface area contributed by atoms with Crippen molar-refractivity contribution < 1.29 is 32.9 Å². The van der Waals surface area contributed by atoms with Crippen LogP contribution >= 0.6 is 7.82 Å². The summed E-state index contributed by atoms with van der Waals surface area (Å²) >= 11 is 0. The van der Waals surface area contributed by atoms with E-state index < -0.39 is 26.6 Å². The van der Waals surface area contributed by atoms with Crippen LogP contribution in [0, 0.1) is 0 Å². The van der Waals surface area contributed by atoms with Crippen molar-refractivity contribution in [3.05, 3.63) is 85.1 Å². The number of likely N-dealkylation sites (N-methyl/N-ethyl adjacent to an activating group) is 1. The fourth-order valence-electron chi connectivity index (χ4n) is 5.62. The highest BCUT2D eigenvalue weighted by molar-refractivity contribution is 7.45. The monoisotopic (exact) mass is 803 g/mol. The number of nitrogens with one attached hydrogen (secondary N) is 1. The largest absolute Gasteiger partial charge is 0.756 e. The zero-order valence-electron chi connectivity index (χ0n) is 36.3. The number of hydrogen-bond acceptors (Lipinski definition) is 6. The van der Waals surface area contributed by atoms with E-state index in [9.17, 15) is 19.4 Å².